The summed E-state index contributed by atoms with van der Waals surface area (Å²) >= 11 is 0. The molecule has 0 amide bonds. The fourth-order valence-electron chi connectivity index (χ4n) is 2.31. The second-order valence-electron chi connectivity index (χ2n) is 4.62. The largest absolute Gasteiger partial charge is 0.219 e. The summed E-state index contributed by atoms with van der Waals surface area (Å²) in [4.78, 5) is 0.731. The average molecular weight is 270 g/mol. The van der Waals surface area contributed by atoms with E-state index in [0.717, 1.165) is 24.0 Å². The molecule has 0 aromatic heterocycles. The monoisotopic (exact) mass is 270 g/mol. The Morgan fingerprint density at radius 2 is 1.68 bits per heavy atom. The summed E-state index contributed by atoms with van der Waals surface area (Å²) in [5.74, 6) is 0. The summed E-state index contributed by atoms with van der Waals surface area (Å²) in [5, 5.41) is 0. The number of allylic oxidation sites excluding steroid dienone is 1. The summed E-state index contributed by atoms with van der Waals surface area (Å²) in [6.45, 7) is 0. The van der Waals surface area contributed by atoms with E-state index in [1.54, 1.807) is 36.4 Å². The van der Waals surface area contributed by atoms with Crippen molar-refractivity contribution in [1.82, 2.24) is 0 Å². The van der Waals surface area contributed by atoms with Gasteiger partial charge in [0.25, 0.3) is 0 Å². The maximum absolute atomic E-state index is 12.5. The number of benzene rings is 2. The fourth-order valence-corrected chi connectivity index (χ4v) is 3.65. The van der Waals surface area contributed by atoms with Crippen LogP contribution in [0.2, 0.25) is 0 Å². The number of sulfone groups is 1. The first kappa shape index (κ1) is 12.2. The van der Waals surface area contributed by atoms with Gasteiger partial charge >= 0.3 is 0 Å². The van der Waals surface area contributed by atoms with Gasteiger partial charge in [-0.2, -0.15) is 0 Å². The smallest absolute Gasteiger partial charge is 0.206 e. The Labute approximate surface area is 113 Å². The Morgan fingerprint density at radius 1 is 0.895 bits per heavy atom. The Bertz CT molecular complexity index is 729. The first-order chi connectivity index (χ1) is 9.18. The van der Waals surface area contributed by atoms with Gasteiger partial charge in [-0.05, 0) is 48.2 Å². The van der Waals surface area contributed by atoms with Gasteiger partial charge in [-0.3, -0.25) is 0 Å². The van der Waals surface area contributed by atoms with Crippen molar-refractivity contribution < 1.29 is 8.42 Å². The van der Waals surface area contributed by atoms with Crippen LogP contribution in [0.15, 0.2) is 64.4 Å². The second-order valence-corrected chi connectivity index (χ2v) is 6.57. The van der Waals surface area contributed by atoms with Crippen molar-refractivity contribution in [3.8, 4) is 0 Å². The topological polar surface area (TPSA) is 34.1 Å². The molecule has 0 unspecified atom stereocenters. The lowest BCUT2D eigenvalue weighted by Crippen LogP contribution is -2.04. The summed E-state index contributed by atoms with van der Waals surface area (Å²) in [6.07, 6.45) is 6.05. The predicted octanol–water partition coefficient (Wildman–Crippen LogP) is 3.48. The van der Waals surface area contributed by atoms with Gasteiger partial charge in [-0.1, -0.05) is 36.4 Å². The zero-order valence-corrected chi connectivity index (χ0v) is 11.2. The summed E-state index contributed by atoms with van der Waals surface area (Å²) in [7, 11) is -3.40. The molecule has 0 aliphatic heterocycles. The van der Waals surface area contributed by atoms with Gasteiger partial charge in [0.15, 0.2) is 0 Å². The van der Waals surface area contributed by atoms with Crippen molar-refractivity contribution in [2.24, 2.45) is 0 Å². The molecule has 19 heavy (non-hydrogen) atoms. The summed E-state index contributed by atoms with van der Waals surface area (Å²) < 4.78 is 25.0. The van der Waals surface area contributed by atoms with E-state index in [2.05, 4.69) is 12.2 Å². The molecule has 0 saturated heterocycles. The maximum atomic E-state index is 12.5. The number of fused-ring (bicyclic) bond motifs is 1. The highest BCUT2D eigenvalue weighted by atomic mass is 32.2. The predicted molar refractivity (Wildman–Crippen MR) is 75.7 cm³/mol. The molecule has 0 N–H and O–H groups in total. The van der Waals surface area contributed by atoms with Crippen LogP contribution in [0.1, 0.15) is 17.5 Å². The lowest BCUT2D eigenvalue weighted by atomic mass is 9.98. The molecule has 0 spiro atoms. The Kier molecular flexibility index (Phi) is 2.99. The number of hydrogen-bond donors (Lipinski definition) is 0. The number of rotatable bonds is 2. The van der Waals surface area contributed by atoms with Crippen LogP contribution in [-0.2, 0) is 16.3 Å². The molecule has 0 saturated carbocycles. The molecular weight excluding hydrogens is 256 g/mol. The average Bonchev–Trinajstić information content (AvgIpc) is 2.47. The van der Waals surface area contributed by atoms with E-state index < -0.39 is 9.84 Å². The van der Waals surface area contributed by atoms with Crippen molar-refractivity contribution in [1.29, 1.82) is 0 Å². The fraction of sp³-hybridized carbons (Fsp3) is 0.125. The van der Waals surface area contributed by atoms with Crippen molar-refractivity contribution in [3.63, 3.8) is 0 Å². The molecule has 0 heterocycles. The van der Waals surface area contributed by atoms with Crippen LogP contribution >= 0.6 is 0 Å². The van der Waals surface area contributed by atoms with E-state index >= 15 is 0 Å². The molecule has 2 aromatic carbocycles. The SMILES string of the molecule is O=S(=O)(c1ccccc1)c1ccc2c(c1)CCC=C2. The van der Waals surface area contributed by atoms with Crippen LogP contribution in [0.25, 0.3) is 6.08 Å². The van der Waals surface area contributed by atoms with Crippen LogP contribution in [0.5, 0.6) is 0 Å². The van der Waals surface area contributed by atoms with Crippen molar-refractivity contribution in [3.05, 3.63) is 65.7 Å². The molecule has 1 aliphatic carbocycles. The molecule has 0 radical (unpaired) electrons. The Balaban J connectivity index is 2.10. The van der Waals surface area contributed by atoms with Gasteiger partial charge in [0.2, 0.25) is 9.84 Å². The van der Waals surface area contributed by atoms with E-state index in [4.69, 9.17) is 0 Å². The van der Waals surface area contributed by atoms with Gasteiger partial charge in [0.1, 0.15) is 0 Å². The van der Waals surface area contributed by atoms with Gasteiger partial charge in [-0.15, -0.1) is 0 Å². The van der Waals surface area contributed by atoms with Crippen molar-refractivity contribution in [2.75, 3.05) is 0 Å². The highest BCUT2D eigenvalue weighted by Gasteiger charge is 2.18. The van der Waals surface area contributed by atoms with Crippen molar-refractivity contribution >= 4 is 15.9 Å². The molecule has 2 nitrogen and oxygen atoms in total. The number of aryl methyl sites for hydroxylation is 1. The second kappa shape index (κ2) is 4.67. The van der Waals surface area contributed by atoms with Crippen LogP contribution in [-0.4, -0.2) is 8.42 Å². The normalized spacial score (nSPS) is 14.1. The summed E-state index contributed by atoms with van der Waals surface area (Å²) in [5.41, 5.74) is 2.23. The minimum Gasteiger partial charge on any atom is -0.219 e. The molecule has 96 valence electrons. The Hall–Kier alpha value is -1.87. The van der Waals surface area contributed by atoms with Crippen LogP contribution in [0.3, 0.4) is 0 Å². The van der Waals surface area contributed by atoms with E-state index in [1.165, 1.54) is 0 Å². The van der Waals surface area contributed by atoms with E-state index in [1.807, 2.05) is 12.1 Å². The van der Waals surface area contributed by atoms with Gasteiger partial charge < -0.3 is 0 Å². The first-order valence-electron chi connectivity index (χ1n) is 6.27. The lowest BCUT2D eigenvalue weighted by molar-refractivity contribution is 0.596. The maximum Gasteiger partial charge on any atom is 0.206 e. The third kappa shape index (κ3) is 2.22. The third-order valence-electron chi connectivity index (χ3n) is 3.36. The van der Waals surface area contributed by atoms with Crippen molar-refractivity contribution in [2.45, 2.75) is 22.6 Å². The minimum atomic E-state index is -3.40. The number of hydrogen-bond acceptors (Lipinski definition) is 2. The quantitative estimate of drug-likeness (QED) is 0.837. The van der Waals surface area contributed by atoms with Crippen LogP contribution < -0.4 is 0 Å². The lowest BCUT2D eigenvalue weighted by Gasteiger charge is -2.12. The molecule has 2 aromatic rings. The van der Waals surface area contributed by atoms with E-state index in [-0.39, 0.29) is 0 Å². The molecule has 1 aliphatic rings. The van der Waals surface area contributed by atoms with E-state index in [9.17, 15) is 8.42 Å². The van der Waals surface area contributed by atoms with Crippen LogP contribution in [0, 0.1) is 0 Å². The van der Waals surface area contributed by atoms with Gasteiger partial charge in [-0.25, -0.2) is 8.42 Å². The van der Waals surface area contributed by atoms with Gasteiger partial charge in [0.05, 0.1) is 9.79 Å². The molecule has 0 atom stereocenters. The first-order valence-corrected chi connectivity index (χ1v) is 7.76. The molecule has 3 rings (SSSR count). The van der Waals surface area contributed by atoms with Gasteiger partial charge in [0, 0.05) is 0 Å². The molecule has 0 fully saturated rings. The summed E-state index contributed by atoms with van der Waals surface area (Å²) in [6, 6.07) is 14.0. The highest BCUT2D eigenvalue weighted by molar-refractivity contribution is 7.91. The van der Waals surface area contributed by atoms with E-state index in [0.29, 0.717) is 9.79 Å². The van der Waals surface area contributed by atoms with Crippen LogP contribution in [0.4, 0.5) is 0 Å². The highest BCUT2D eigenvalue weighted by Crippen LogP contribution is 2.26. The Morgan fingerprint density at radius 3 is 2.47 bits per heavy atom. The standard InChI is InChI=1S/C16H14O2S/c17-19(18,15-8-2-1-3-9-15)16-11-10-13-6-4-5-7-14(13)12-16/h1-4,6,8-12H,5,7H2. The zero-order chi connectivity index (χ0) is 13.3. The molecule has 3 heteroatoms. The third-order valence-corrected chi connectivity index (χ3v) is 5.12. The minimum absolute atomic E-state index is 0.348. The zero-order valence-electron chi connectivity index (χ0n) is 10.4. The molecule has 0 bridgehead atoms. The molecular formula is C16H14O2S.